The minimum absolute atomic E-state index is 0.0649. The van der Waals surface area contributed by atoms with Crippen LogP contribution in [-0.2, 0) is 9.84 Å². The van der Waals surface area contributed by atoms with Crippen LogP contribution < -0.4 is 5.31 Å². The zero-order valence-corrected chi connectivity index (χ0v) is 8.21. The molecule has 1 N–H and O–H groups in total. The molecule has 0 unspecified atom stereocenters. The van der Waals surface area contributed by atoms with Gasteiger partial charge in [-0.05, 0) is 24.3 Å². The number of hydrogen-bond acceptors (Lipinski definition) is 3. The number of nitrogens with one attached hydrogen (secondary N) is 1. The van der Waals surface area contributed by atoms with Crippen LogP contribution >= 0.6 is 0 Å². The van der Waals surface area contributed by atoms with Gasteiger partial charge >= 0.3 is 0 Å². The van der Waals surface area contributed by atoms with E-state index in [2.05, 4.69) is 0 Å². The molecule has 72 valence electrons. The SMILES string of the molecule is [2H]CN([2H])c1ccc(S(=O)(=O)CC)cc1. The number of hydrogen-bond donors (Lipinski definition) is 1. The summed E-state index contributed by atoms with van der Waals surface area (Å²) in [6.45, 7) is 1.59. The van der Waals surface area contributed by atoms with Crippen molar-refractivity contribution in [2.24, 2.45) is 0 Å². The normalized spacial score (nSPS) is 13.3. The van der Waals surface area contributed by atoms with Crippen LogP contribution in [-0.4, -0.2) is 21.2 Å². The van der Waals surface area contributed by atoms with E-state index in [0.29, 0.717) is 5.69 Å². The van der Waals surface area contributed by atoms with Crippen LogP contribution in [0.25, 0.3) is 0 Å². The lowest BCUT2D eigenvalue weighted by atomic mass is 10.3. The summed E-state index contributed by atoms with van der Waals surface area (Å²) in [7, 11) is -3.35. The van der Waals surface area contributed by atoms with Gasteiger partial charge in [-0.3, -0.25) is 0 Å². The molecule has 1 aromatic rings. The van der Waals surface area contributed by atoms with Crippen LogP contribution in [0.1, 0.15) is 8.29 Å². The maximum absolute atomic E-state index is 11.5. The monoisotopic (exact) mass is 201 g/mol. The smallest absolute Gasteiger partial charge is 0.178 e. The summed E-state index contributed by atoms with van der Waals surface area (Å²) in [5, 5.41) is 0.975. The second-order valence-corrected chi connectivity index (χ2v) is 4.83. The number of anilines is 1. The number of rotatable bonds is 3. The van der Waals surface area contributed by atoms with Crippen molar-refractivity contribution in [2.45, 2.75) is 11.8 Å². The van der Waals surface area contributed by atoms with Crippen molar-refractivity contribution < 1.29 is 11.2 Å². The Morgan fingerprint density at radius 2 is 2.08 bits per heavy atom. The molecule has 0 aromatic heterocycles. The Morgan fingerprint density at radius 1 is 1.46 bits per heavy atom. The lowest BCUT2D eigenvalue weighted by molar-refractivity contribution is 0.597. The topological polar surface area (TPSA) is 46.2 Å². The van der Waals surface area contributed by atoms with Gasteiger partial charge in [-0.1, -0.05) is 6.92 Å². The minimum atomic E-state index is -3.17. The minimum Gasteiger partial charge on any atom is -0.388 e. The number of sulfone groups is 1. The third kappa shape index (κ3) is 2.21. The highest BCUT2D eigenvalue weighted by Crippen LogP contribution is 2.14. The van der Waals surface area contributed by atoms with Crippen molar-refractivity contribution >= 4 is 15.5 Å². The van der Waals surface area contributed by atoms with E-state index in [9.17, 15) is 8.42 Å². The third-order valence-corrected chi connectivity index (χ3v) is 3.51. The highest BCUT2D eigenvalue weighted by Gasteiger charge is 2.09. The van der Waals surface area contributed by atoms with Crippen molar-refractivity contribution in [3.63, 3.8) is 0 Å². The van der Waals surface area contributed by atoms with Crippen LogP contribution in [0.3, 0.4) is 0 Å². The van der Waals surface area contributed by atoms with E-state index in [1.807, 2.05) is 0 Å². The fourth-order valence-corrected chi connectivity index (χ4v) is 1.81. The molecule has 0 fully saturated rings. The van der Waals surface area contributed by atoms with Crippen LogP contribution in [0.4, 0.5) is 5.69 Å². The first-order valence-electron chi connectivity index (χ1n) is 5.05. The van der Waals surface area contributed by atoms with Gasteiger partial charge in [0, 0.05) is 14.1 Å². The highest BCUT2D eigenvalue weighted by molar-refractivity contribution is 7.91. The Kier molecular flexibility index (Phi) is 2.15. The largest absolute Gasteiger partial charge is 0.388 e. The second-order valence-electron chi connectivity index (χ2n) is 2.56. The van der Waals surface area contributed by atoms with Gasteiger partial charge in [0.2, 0.25) is 0 Å². The van der Waals surface area contributed by atoms with E-state index in [4.69, 9.17) is 2.78 Å². The molecular weight excluding hydrogens is 186 g/mol. The molecule has 0 aliphatic rings. The van der Waals surface area contributed by atoms with Crippen molar-refractivity contribution in [3.05, 3.63) is 24.3 Å². The summed E-state index contributed by atoms with van der Waals surface area (Å²) in [6.07, 6.45) is 0. The molecule has 0 radical (unpaired) electrons. The predicted molar refractivity (Wildman–Crippen MR) is 53.7 cm³/mol. The molecule has 0 heterocycles. The molecule has 0 aliphatic heterocycles. The summed E-state index contributed by atoms with van der Waals surface area (Å²) in [4.78, 5) is 0.257. The molecule has 0 bridgehead atoms. The molecule has 1 rings (SSSR count). The lowest BCUT2D eigenvalue weighted by Gasteiger charge is -2.02. The molecule has 0 spiro atoms. The molecule has 1 aromatic carbocycles. The zero-order chi connectivity index (χ0) is 11.5. The average molecular weight is 201 g/mol. The van der Waals surface area contributed by atoms with Crippen molar-refractivity contribution in [1.82, 2.24) is 0 Å². The van der Waals surface area contributed by atoms with E-state index in [1.54, 1.807) is 6.92 Å². The summed E-state index contributed by atoms with van der Waals surface area (Å²) >= 11 is 0. The van der Waals surface area contributed by atoms with E-state index >= 15 is 0 Å². The summed E-state index contributed by atoms with van der Waals surface area (Å²) in [5.41, 5.74) is 0.514. The van der Waals surface area contributed by atoms with Gasteiger partial charge in [-0.2, -0.15) is 0 Å². The van der Waals surface area contributed by atoms with Gasteiger partial charge in [0.1, 0.15) is 0 Å². The Balaban J connectivity index is 3.00. The second kappa shape index (κ2) is 3.79. The predicted octanol–water partition coefficient (Wildman–Crippen LogP) is 1.52. The fraction of sp³-hybridized carbons (Fsp3) is 0.333. The molecule has 0 saturated carbocycles. The quantitative estimate of drug-likeness (QED) is 0.806. The average Bonchev–Trinajstić information content (AvgIpc) is 2.28. The Bertz CT molecular complexity index is 416. The molecule has 13 heavy (non-hydrogen) atoms. The zero-order valence-electron chi connectivity index (χ0n) is 9.40. The summed E-state index contributed by atoms with van der Waals surface area (Å²) < 4.78 is 37.2. The third-order valence-electron chi connectivity index (χ3n) is 1.76. The highest BCUT2D eigenvalue weighted by atomic mass is 32.2. The van der Waals surface area contributed by atoms with Crippen molar-refractivity contribution in [3.8, 4) is 0 Å². The molecule has 0 amide bonds. The summed E-state index contributed by atoms with van der Waals surface area (Å²) in [6, 6.07) is 5.99. The molecule has 4 heteroatoms. The molecular formula is C9H13NO2S. The van der Waals surface area contributed by atoms with Crippen LogP contribution in [0.15, 0.2) is 29.2 Å². The van der Waals surface area contributed by atoms with E-state index < -0.39 is 9.84 Å². The van der Waals surface area contributed by atoms with Crippen LogP contribution in [0, 0.1) is 0 Å². The van der Waals surface area contributed by atoms with E-state index in [-0.39, 0.29) is 17.7 Å². The van der Waals surface area contributed by atoms with Crippen molar-refractivity contribution in [2.75, 3.05) is 18.1 Å². The lowest BCUT2D eigenvalue weighted by Crippen LogP contribution is -2.03. The van der Waals surface area contributed by atoms with E-state index in [1.165, 1.54) is 24.3 Å². The molecule has 0 atom stereocenters. The van der Waals surface area contributed by atoms with E-state index in [0.717, 1.165) is 5.31 Å². The first-order chi connectivity index (χ1) is 7.01. The fourth-order valence-electron chi connectivity index (χ4n) is 0.926. The number of benzene rings is 1. The summed E-state index contributed by atoms with van der Waals surface area (Å²) in [5.74, 6) is 0.0649. The van der Waals surface area contributed by atoms with Gasteiger partial charge in [-0.15, -0.1) is 0 Å². The van der Waals surface area contributed by atoms with Crippen molar-refractivity contribution in [1.29, 1.82) is 0 Å². The van der Waals surface area contributed by atoms with Crippen LogP contribution in [0.2, 0.25) is 1.41 Å². The van der Waals surface area contributed by atoms with Crippen LogP contribution in [0.5, 0.6) is 0 Å². The van der Waals surface area contributed by atoms with Gasteiger partial charge in [0.05, 0.1) is 10.6 Å². The van der Waals surface area contributed by atoms with Gasteiger partial charge in [-0.25, -0.2) is 8.42 Å². The van der Waals surface area contributed by atoms with Gasteiger partial charge in [0.15, 0.2) is 11.2 Å². The molecule has 0 aliphatic carbocycles. The first kappa shape index (κ1) is 7.38. The maximum Gasteiger partial charge on any atom is 0.178 e. The molecule has 0 saturated heterocycles. The maximum atomic E-state index is 11.5. The van der Waals surface area contributed by atoms with Gasteiger partial charge < -0.3 is 5.31 Å². The Labute approximate surface area is 81.6 Å². The first-order valence-corrected chi connectivity index (χ1v) is 5.55. The Morgan fingerprint density at radius 3 is 2.54 bits per heavy atom. The Hall–Kier alpha value is -1.03. The van der Waals surface area contributed by atoms with Gasteiger partial charge in [0.25, 0.3) is 0 Å². The standard InChI is InChI=1S/C9H13NO2S/c1-3-13(11,12)9-6-4-8(10-2)5-7-9/h4-7,10H,3H2,1-2H3/i2D/hD. The molecule has 3 nitrogen and oxygen atoms in total.